The number of para-hydroxylation sites is 1. The van der Waals surface area contributed by atoms with E-state index in [1.807, 2.05) is 61.5 Å². The third kappa shape index (κ3) is 4.17. The molecule has 0 aliphatic carbocycles. The van der Waals surface area contributed by atoms with Crippen molar-refractivity contribution in [3.05, 3.63) is 129 Å². The predicted octanol–water partition coefficient (Wildman–Crippen LogP) is 4.20. The van der Waals surface area contributed by atoms with Crippen LogP contribution in [0.2, 0.25) is 0 Å². The maximum atomic E-state index is 14.3. The number of rotatable bonds is 5. The highest BCUT2D eigenvalue weighted by atomic mass is 16.2. The van der Waals surface area contributed by atoms with E-state index in [1.54, 1.807) is 53.8 Å². The number of amides is 1. The zero-order valence-electron chi connectivity index (χ0n) is 22.2. The number of hydrogen-bond acceptors (Lipinski definition) is 5. The minimum absolute atomic E-state index is 0.130. The summed E-state index contributed by atoms with van der Waals surface area (Å²) >= 11 is 0. The molecule has 0 bridgehead atoms. The van der Waals surface area contributed by atoms with E-state index in [-0.39, 0.29) is 17.0 Å². The Morgan fingerprint density at radius 3 is 2.55 bits per heavy atom. The normalized spacial score (nSPS) is 12.1. The van der Waals surface area contributed by atoms with Crippen LogP contribution in [0.3, 0.4) is 0 Å². The van der Waals surface area contributed by atoms with Crippen molar-refractivity contribution in [2.45, 2.75) is 19.9 Å². The van der Waals surface area contributed by atoms with Gasteiger partial charge in [-0.1, -0.05) is 36.4 Å². The van der Waals surface area contributed by atoms with Crippen molar-refractivity contribution in [1.29, 1.82) is 0 Å². The molecule has 0 spiro atoms. The number of aryl methyl sites for hydroxylation is 2. The van der Waals surface area contributed by atoms with Crippen LogP contribution >= 0.6 is 0 Å². The molecule has 0 saturated heterocycles. The second kappa shape index (κ2) is 9.77. The molecule has 0 radical (unpaired) electrons. The van der Waals surface area contributed by atoms with Crippen LogP contribution < -0.4 is 16.4 Å². The second-order valence-corrected chi connectivity index (χ2v) is 9.73. The molecular formula is C31H26N6O3. The standard InChI is InChI=1S/C31H26N6O3/c1-19(33-30(39)27-20(2)34-36-16-8-15-32-29(27)36)25-17-21-9-7-12-24(22-13-14-26(38)35(3)18-22)28(21)31(40)37(25)23-10-5-4-6-11-23/h4-19H,1-3H3,(H,33,39)/t19-/m0/s1. The summed E-state index contributed by atoms with van der Waals surface area (Å²) in [6.07, 6.45) is 5.09. The summed E-state index contributed by atoms with van der Waals surface area (Å²) in [6.45, 7) is 3.62. The summed E-state index contributed by atoms with van der Waals surface area (Å²) < 4.78 is 4.71. The Bertz CT molecular complexity index is 2040. The molecule has 6 rings (SSSR count). The van der Waals surface area contributed by atoms with E-state index in [1.165, 1.54) is 10.6 Å². The molecule has 4 aromatic heterocycles. The van der Waals surface area contributed by atoms with Gasteiger partial charge < -0.3 is 9.88 Å². The Morgan fingerprint density at radius 1 is 0.975 bits per heavy atom. The van der Waals surface area contributed by atoms with Crippen LogP contribution in [0.5, 0.6) is 0 Å². The summed E-state index contributed by atoms with van der Waals surface area (Å²) in [5, 5.41) is 8.72. The summed E-state index contributed by atoms with van der Waals surface area (Å²) in [7, 11) is 1.68. The predicted molar refractivity (Wildman–Crippen MR) is 154 cm³/mol. The molecule has 1 atom stereocenters. The number of pyridine rings is 2. The molecule has 9 heteroatoms. The number of carbonyl (C=O) groups excluding carboxylic acids is 1. The van der Waals surface area contributed by atoms with E-state index in [2.05, 4.69) is 15.4 Å². The van der Waals surface area contributed by atoms with Crippen molar-refractivity contribution in [3.8, 4) is 16.8 Å². The molecule has 40 heavy (non-hydrogen) atoms. The van der Waals surface area contributed by atoms with Crippen molar-refractivity contribution >= 4 is 22.3 Å². The third-order valence-electron chi connectivity index (χ3n) is 7.08. The molecule has 1 amide bonds. The molecule has 0 unspecified atom stereocenters. The zero-order chi connectivity index (χ0) is 28.0. The highest BCUT2D eigenvalue weighted by Crippen LogP contribution is 2.29. The van der Waals surface area contributed by atoms with Gasteiger partial charge in [-0.15, -0.1) is 0 Å². The van der Waals surface area contributed by atoms with Gasteiger partial charge in [-0.2, -0.15) is 5.10 Å². The first-order valence-corrected chi connectivity index (χ1v) is 12.9. The van der Waals surface area contributed by atoms with Gasteiger partial charge in [-0.05, 0) is 60.7 Å². The van der Waals surface area contributed by atoms with Crippen molar-refractivity contribution in [3.63, 3.8) is 0 Å². The van der Waals surface area contributed by atoms with E-state index in [9.17, 15) is 14.4 Å². The molecule has 1 N–H and O–H groups in total. The fourth-order valence-electron chi connectivity index (χ4n) is 5.14. The zero-order valence-corrected chi connectivity index (χ0v) is 22.2. The molecule has 0 fully saturated rings. The SMILES string of the molecule is Cc1nn2cccnc2c1C(=O)N[C@@H](C)c1cc2cccc(-c3ccc(=O)n(C)c3)c2c(=O)n1-c1ccccc1. The van der Waals surface area contributed by atoms with Gasteiger partial charge in [0.2, 0.25) is 5.56 Å². The Kier molecular flexibility index (Phi) is 6.11. The van der Waals surface area contributed by atoms with Crippen LogP contribution in [0.4, 0.5) is 0 Å². The van der Waals surface area contributed by atoms with Crippen LogP contribution in [-0.4, -0.2) is 29.6 Å². The molecule has 9 nitrogen and oxygen atoms in total. The molecule has 0 aliphatic heterocycles. The van der Waals surface area contributed by atoms with Crippen LogP contribution in [-0.2, 0) is 7.05 Å². The number of fused-ring (bicyclic) bond motifs is 2. The summed E-state index contributed by atoms with van der Waals surface area (Å²) in [6, 6.07) is 21.4. The van der Waals surface area contributed by atoms with Crippen molar-refractivity contribution < 1.29 is 4.79 Å². The largest absolute Gasteiger partial charge is 0.344 e. The lowest BCUT2D eigenvalue weighted by Gasteiger charge is -2.22. The Labute approximate surface area is 229 Å². The average Bonchev–Trinajstić information content (AvgIpc) is 3.30. The minimum atomic E-state index is -0.538. The van der Waals surface area contributed by atoms with Gasteiger partial charge in [0.1, 0.15) is 5.56 Å². The van der Waals surface area contributed by atoms with Gasteiger partial charge >= 0.3 is 0 Å². The number of benzene rings is 2. The fraction of sp³-hybridized carbons (Fsp3) is 0.129. The Balaban J connectivity index is 1.52. The van der Waals surface area contributed by atoms with E-state index >= 15 is 0 Å². The van der Waals surface area contributed by atoms with Crippen LogP contribution in [0.1, 0.15) is 34.7 Å². The van der Waals surface area contributed by atoms with Gasteiger partial charge in [0.25, 0.3) is 11.5 Å². The van der Waals surface area contributed by atoms with Gasteiger partial charge in [0.05, 0.1) is 17.1 Å². The first-order chi connectivity index (χ1) is 19.3. The summed E-state index contributed by atoms with van der Waals surface area (Å²) in [5.41, 5.74) is 3.83. The molecule has 0 aliphatic rings. The molecule has 4 heterocycles. The number of carbonyl (C=O) groups is 1. The number of hydrogen-bond donors (Lipinski definition) is 1. The van der Waals surface area contributed by atoms with Crippen molar-refractivity contribution in [2.24, 2.45) is 7.05 Å². The van der Waals surface area contributed by atoms with Gasteiger partial charge in [0.15, 0.2) is 5.65 Å². The molecule has 6 aromatic rings. The average molecular weight is 531 g/mol. The van der Waals surface area contributed by atoms with E-state index in [4.69, 9.17) is 0 Å². The number of nitrogens with one attached hydrogen (secondary N) is 1. The van der Waals surface area contributed by atoms with E-state index < -0.39 is 6.04 Å². The lowest BCUT2D eigenvalue weighted by Crippen LogP contribution is -2.32. The van der Waals surface area contributed by atoms with Crippen LogP contribution in [0, 0.1) is 6.92 Å². The fourth-order valence-corrected chi connectivity index (χ4v) is 5.14. The Hall–Kier alpha value is -5.31. The monoisotopic (exact) mass is 530 g/mol. The van der Waals surface area contributed by atoms with Crippen molar-refractivity contribution in [1.82, 2.24) is 29.0 Å². The lowest BCUT2D eigenvalue weighted by molar-refractivity contribution is 0.0939. The lowest BCUT2D eigenvalue weighted by atomic mass is 9.98. The van der Waals surface area contributed by atoms with Crippen LogP contribution in [0.25, 0.3) is 33.2 Å². The first kappa shape index (κ1) is 25.0. The van der Waals surface area contributed by atoms with Crippen molar-refractivity contribution in [2.75, 3.05) is 0 Å². The number of nitrogens with zero attached hydrogens (tertiary/aromatic N) is 5. The quantitative estimate of drug-likeness (QED) is 0.360. The van der Waals surface area contributed by atoms with Gasteiger partial charge in [-0.25, -0.2) is 9.50 Å². The third-order valence-corrected chi connectivity index (χ3v) is 7.08. The topological polar surface area (TPSA) is 103 Å². The molecule has 198 valence electrons. The smallest absolute Gasteiger partial charge is 0.263 e. The maximum absolute atomic E-state index is 14.3. The minimum Gasteiger partial charge on any atom is -0.344 e. The van der Waals surface area contributed by atoms with Gasteiger partial charge in [0, 0.05) is 43.1 Å². The Morgan fingerprint density at radius 2 is 1.77 bits per heavy atom. The summed E-state index contributed by atoms with van der Waals surface area (Å²) in [5.74, 6) is -0.329. The van der Waals surface area contributed by atoms with E-state index in [0.29, 0.717) is 33.7 Å². The van der Waals surface area contributed by atoms with Gasteiger partial charge in [-0.3, -0.25) is 19.0 Å². The second-order valence-electron chi connectivity index (χ2n) is 9.73. The molecular weight excluding hydrogens is 504 g/mol. The highest BCUT2D eigenvalue weighted by Gasteiger charge is 2.23. The van der Waals surface area contributed by atoms with Crippen LogP contribution in [0.15, 0.2) is 101 Å². The summed E-state index contributed by atoms with van der Waals surface area (Å²) in [4.78, 5) is 44.1. The highest BCUT2D eigenvalue weighted by molar-refractivity contribution is 6.01. The van der Waals surface area contributed by atoms with E-state index in [0.717, 1.165) is 16.5 Å². The maximum Gasteiger partial charge on any atom is 0.263 e. The molecule has 0 saturated carbocycles. The molecule has 2 aromatic carbocycles. The first-order valence-electron chi connectivity index (χ1n) is 12.9. The number of aromatic nitrogens is 5.